The molecule has 3 aromatic carbocycles. The highest BCUT2D eigenvalue weighted by atomic mass is 16.3. The van der Waals surface area contributed by atoms with Crippen molar-refractivity contribution in [3.05, 3.63) is 101 Å². The van der Waals surface area contributed by atoms with Gasteiger partial charge < -0.3 is 32.1 Å². The van der Waals surface area contributed by atoms with Crippen LogP contribution < -0.4 is 22.1 Å². The predicted octanol–water partition coefficient (Wildman–Crippen LogP) is 1.81. The summed E-state index contributed by atoms with van der Waals surface area (Å²) in [5.41, 5.74) is 16.4. The van der Waals surface area contributed by atoms with Crippen molar-refractivity contribution in [3.8, 4) is 5.75 Å². The number of nitrogens with zero attached hydrogens (tertiary/aromatic N) is 1. The zero-order valence-corrected chi connectivity index (χ0v) is 25.2. The summed E-state index contributed by atoms with van der Waals surface area (Å²) >= 11 is 0. The van der Waals surface area contributed by atoms with Crippen LogP contribution in [0, 0.1) is 13.8 Å². The largest absolute Gasteiger partial charge is 0.508 e. The summed E-state index contributed by atoms with van der Waals surface area (Å²) in [6.45, 7) is 4.28. The van der Waals surface area contributed by atoms with Crippen molar-refractivity contribution in [1.82, 2.24) is 15.5 Å². The van der Waals surface area contributed by atoms with Gasteiger partial charge in [-0.25, -0.2) is 0 Å². The van der Waals surface area contributed by atoms with E-state index < -0.39 is 41.9 Å². The normalized spacial score (nSPS) is 16.5. The van der Waals surface area contributed by atoms with Crippen LogP contribution in [0.25, 0.3) is 0 Å². The number of rotatable bonds is 12. The van der Waals surface area contributed by atoms with Gasteiger partial charge >= 0.3 is 0 Å². The van der Waals surface area contributed by atoms with Crippen molar-refractivity contribution in [2.24, 2.45) is 11.5 Å². The number of hydrogen-bond donors (Lipinski definition) is 5. The molecule has 4 amide bonds. The van der Waals surface area contributed by atoms with Gasteiger partial charge in [0.15, 0.2) is 0 Å². The number of phenols is 1. The monoisotopic (exact) mass is 599 g/mol. The van der Waals surface area contributed by atoms with Crippen molar-refractivity contribution in [1.29, 1.82) is 0 Å². The van der Waals surface area contributed by atoms with E-state index in [9.17, 15) is 24.3 Å². The van der Waals surface area contributed by atoms with Gasteiger partial charge in [0.25, 0.3) is 0 Å². The fourth-order valence-electron chi connectivity index (χ4n) is 5.73. The molecule has 0 aliphatic carbocycles. The van der Waals surface area contributed by atoms with E-state index in [1.807, 2.05) is 62.4 Å². The minimum atomic E-state index is -1.02. The SMILES string of the molecule is Cc1cc(C)cc(CC(NC(=O)C2CCCN2C(=O)C(N)Cc2ccc(O)cc2)C(=O)NC(Cc2ccccc2)C(N)=O)c1. The van der Waals surface area contributed by atoms with Crippen LogP contribution in [0.15, 0.2) is 72.8 Å². The number of hydrogen-bond acceptors (Lipinski definition) is 6. The molecule has 3 aromatic rings. The van der Waals surface area contributed by atoms with Crippen molar-refractivity contribution in [3.63, 3.8) is 0 Å². The minimum absolute atomic E-state index is 0.117. The zero-order chi connectivity index (χ0) is 31.8. The first-order chi connectivity index (χ1) is 21.0. The Morgan fingerprint density at radius 1 is 0.841 bits per heavy atom. The average molecular weight is 600 g/mol. The maximum absolute atomic E-state index is 13.7. The van der Waals surface area contributed by atoms with Gasteiger partial charge in [-0.3, -0.25) is 19.2 Å². The third-order valence-electron chi connectivity index (χ3n) is 7.84. The van der Waals surface area contributed by atoms with Gasteiger partial charge in [0, 0.05) is 19.4 Å². The third kappa shape index (κ3) is 8.67. The maximum atomic E-state index is 13.7. The van der Waals surface area contributed by atoms with Crippen molar-refractivity contribution >= 4 is 23.6 Å². The lowest BCUT2D eigenvalue weighted by molar-refractivity contribution is -0.140. The van der Waals surface area contributed by atoms with E-state index in [2.05, 4.69) is 10.6 Å². The Morgan fingerprint density at radius 2 is 1.45 bits per heavy atom. The molecule has 44 heavy (non-hydrogen) atoms. The van der Waals surface area contributed by atoms with Gasteiger partial charge in [0.1, 0.15) is 23.9 Å². The summed E-state index contributed by atoms with van der Waals surface area (Å²) in [6.07, 6.45) is 1.68. The Hall–Kier alpha value is -4.70. The molecular weight excluding hydrogens is 558 g/mol. The first kappa shape index (κ1) is 32.2. The fourth-order valence-corrected chi connectivity index (χ4v) is 5.73. The van der Waals surface area contributed by atoms with Gasteiger partial charge in [0.2, 0.25) is 23.6 Å². The highest BCUT2D eigenvalue weighted by molar-refractivity contribution is 5.95. The predicted molar refractivity (Wildman–Crippen MR) is 167 cm³/mol. The highest BCUT2D eigenvalue weighted by Crippen LogP contribution is 2.21. The van der Waals surface area contributed by atoms with Crippen LogP contribution in [-0.2, 0) is 38.4 Å². The van der Waals surface area contributed by atoms with Crippen LogP contribution >= 0.6 is 0 Å². The average Bonchev–Trinajstić information content (AvgIpc) is 3.47. The Kier molecular flexibility index (Phi) is 10.7. The number of nitrogens with one attached hydrogen (secondary N) is 2. The topological polar surface area (TPSA) is 168 Å². The second-order valence-electron chi connectivity index (χ2n) is 11.6. The van der Waals surface area contributed by atoms with E-state index in [1.54, 1.807) is 12.1 Å². The van der Waals surface area contributed by atoms with Crippen LogP contribution in [-0.4, -0.2) is 64.3 Å². The molecule has 4 atom stereocenters. The quantitative estimate of drug-likeness (QED) is 0.213. The Bertz CT molecular complexity index is 1460. The smallest absolute Gasteiger partial charge is 0.243 e. The molecule has 0 radical (unpaired) electrons. The Balaban J connectivity index is 1.50. The molecule has 10 nitrogen and oxygen atoms in total. The second kappa shape index (κ2) is 14.7. The Labute approximate surface area is 257 Å². The fraction of sp³-hybridized carbons (Fsp3) is 0.353. The lowest BCUT2D eigenvalue weighted by Gasteiger charge is -2.29. The van der Waals surface area contributed by atoms with Crippen LogP contribution in [0.3, 0.4) is 0 Å². The van der Waals surface area contributed by atoms with Crippen LogP contribution in [0.1, 0.15) is 40.7 Å². The molecule has 1 fully saturated rings. The molecule has 0 bridgehead atoms. The summed E-state index contributed by atoms with van der Waals surface area (Å²) in [7, 11) is 0. The lowest BCUT2D eigenvalue weighted by Crippen LogP contribution is -2.58. The second-order valence-corrected chi connectivity index (χ2v) is 11.6. The molecule has 1 aliphatic heterocycles. The van der Waals surface area contributed by atoms with E-state index in [-0.39, 0.29) is 30.9 Å². The van der Waals surface area contributed by atoms with E-state index >= 15 is 0 Å². The van der Waals surface area contributed by atoms with E-state index in [1.165, 1.54) is 17.0 Å². The van der Waals surface area contributed by atoms with Gasteiger partial charge in [-0.05, 0) is 61.9 Å². The van der Waals surface area contributed by atoms with Gasteiger partial charge in [0.05, 0.1) is 6.04 Å². The van der Waals surface area contributed by atoms with Crippen molar-refractivity contribution in [2.45, 2.75) is 70.1 Å². The van der Waals surface area contributed by atoms with Gasteiger partial charge in [-0.2, -0.15) is 0 Å². The van der Waals surface area contributed by atoms with Gasteiger partial charge in [-0.1, -0.05) is 71.8 Å². The zero-order valence-electron chi connectivity index (χ0n) is 25.2. The number of nitrogens with two attached hydrogens (primary N) is 2. The van der Waals surface area contributed by atoms with E-state index in [0.717, 1.165) is 27.8 Å². The molecule has 4 rings (SSSR count). The number of aromatic hydroxyl groups is 1. The number of likely N-dealkylation sites (tertiary alicyclic amines) is 1. The molecule has 1 aliphatic rings. The highest BCUT2D eigenvalue weighted by Gasteiger charge is 2.38. The number of primary amides is 1. The Morgan fingerprint density at radius 3 is 2.09 bits per heavy atom. The molecule has 0 spiro atoms. The molecule has 10 heteroatoms. The number of carbonyl (C=O) groups is 4. The molecule has 4 unspecified atom stereocenters. The summed E-state index contributed by atoms with van der Waals surface area (Å²) in [4.78, 5) is 54.5. The summed E-state index contributed by atoms with van der Waals surface area (Å²) in [5, 5.41) is 15.2. The standard InChI is InChI=1S/C34H41N5O5/c1-21-15-22(2)17-25(16-21)20-29(32(42)37-28(31(36)41)19-23-7-4-3-5-8-23)38-33(43)30-9-6-14-39(30)34(44)27(35)18-24-10-12-26(40)13-11-24/h3-5,7-8,10-13,15-17,27-30,40H,6,9,14,18-20,35H2,1-2H3,(H2,36,41)(H,37,42)(H,38,43). The minimum Gasteiger partial charge on any atom is -0.508 e. The number of aryl methyl sites for hydroxylation is 2. The van der Waals surface area contributed by atoms with Crippen molar-refractivity contribution in [2.75, 3.05) is 6.54 Å². The van der Waals surface area contributed by atoms with Crippen LogP contribution in [0.2, 0.25) is 0 Å². The molecule has 1 saturated heterocycles. The lowest BCUT2D eigenvalue weighted by atomic mass is 9.99. The molecule has 232 valence electrons. The van der Waals surface area contributed by atoms with Crippen molar-refractivity contribution < 1.29 is 24.3 Å². The molecular formula is C34H41N5O5. The molecule has 0 aromatic heterocycles. The summed E-state index contributed by atoms with van der Waals surface area (Å²) in [6, 6.07) is 17.9. The molecule has 1 heterocycles. The number of phenolic OH excluding ortho intramolecular Hbond substituents is 1. The van der Waals surface area contributed by atoms with Gasteiger partial charge in [-0.15, -0.1) is 0 Å². The summed E-state index contributed by atoms with van der Waals surface area (Å²) in [5.74, 6) is -1.93. The maximum Gasteiger partial charge on any atom is 0.243 e. The summed E-state index contributed by atoms with van der Waals surface area (Å²) < 4.78 is 0. The molecule has 7 N–H and O–H groups in total. The molecule has 0 saturated carbocycles. The first-order valence-corrected chi connectivity index (χ1v) is 14.8. The van der Waals surface area contributed by atoms with E-state index in [0.29, 0.717) is 19.4 Å². The number of benzene rings is 3. The first-order valence-electron chi connectivity index (χ1n) is 14.8. The van der Waals surface area contributed by atoms with Crippen LogP contribution in [0.4, 0.5) is 0 Å². The number of amides is 4. The van der Waals surface area contributed by atoms with E-state index in [4.69, 9.17) is 11.5 Å². The third-order valence-corrected chi connectivity index (χ3v) is 7.84. The number of carbonyl (C=O) groups excluding carboxylic acids is 4. The van der Waals surface area contributed by atoms with Crippen LogP contribution in [0.5, 0.6) is 5.75 Å².